The number of hydrogen-bond donors (Lipinski definition) is 2. The third-order valence-corrected chi connectivity index (χ3v) is 4.48. The molecule has 0 aromatic rings. The summed E-state index contributed by atoms with van der Waals surface area (Å²) < 4.78 is 0. The van der Waals surface area contributed by atoms with Gasteiger partial charge in [0.25, 0.3) is 0 Å². The summed E-state index contributed by atoms with van der Waals surface area (Å²) in [6.07, 6.45) is 1.83. The highest BCUT2D eigenvalue weighted by Crippen LogP contribution is 2.26. The first-order valence-electron chi connectivity index (χ1n) is 7.71. The van der Waals surface area contributed by atoms with Crippen molar-refractivity contribution in [3.8, 4) is 0 Å². The first-order chi connectivity index (χ1) is 9.90. The van der Waals surface area contributed by atoms with Crippen molar-refractivity contribution in [2.75, 3.05) is 19.6 Å². The number of nitrogens with zero attached hydrogens (tertiary/aromatic N) is 1. The average molecular weight is 295 g/mol. The quantitative estimate of drug-likeness (QED) is 0.744. The average Bonchev–Trinajstić information content (AvgIpc) is 2.78. The molecule has 6 nitrogen and oxygen atoms in total. The molecule has 3 atom stereocenters. The van der Waals surface area contributed by atoms with Gasteiger partial charge in [0.2, 0.25) is 11.8 Å². The molecule has 2 fully saturated rings. The first kappa shape index (κ1) is 15.9. The lowest BCUT2D eigenvalue weighted by atomic mass is 9.91. The van der Waals surface area contributed by atoms with Gasteiger partial charge < -0.3 is 10.6 Å². The Bertz CT molecular complexity index is 436. The summed E-state index contributed by atoms with van der Waals surface area (Å²) in [5.74, 6) is 0.0425. The van der Waals surface area contributed by atoms with Gasteiger partial charge in [0.05, 0.1) is 18.5 Å². The van der Waals surface area contributed by atoms with Gasteiger partial charge in [0.1, 0.15) is 0 Å². The number of ketones is 1. The maximum atomic E-state index is 12.2. The van der Waals surface area contributed by atoms with Crippen LogP contribution >= 0.6 is 0 Å². The smallest absolute Gasteiger partial charge is 0.234 e. The van der Waals surface area contributed by atoms with E-state index in [1.54, 1.807) is 0 Å². The van der Waals surface area contributed by atoms with Crippen molar-refractivity contribution in [1.82, 2.24) is 15.5 Å². The molecule has 0 spiro atoms. The molecule has 2 aliphatic rings. The second kappa shape index (κ2) is 6.56. The standard InChI is InChI=1S/C15H25N3O3/c1-9(2)14(10(3)19)17-13(20)8-18-6-4-5-11-12(18)7-16-15(11)21/h9,11-12,14H,4-8H2,1-3H3,(H,16,21)(H,17,20). The number of fused-ring (bicyclic) bond motifs is 1. The predicted molar refractivity (Wildman–Crippen MR) is 78.5 cm³/mol. The van der Waals surface area contributed by atoms with Gasteiger partial charge in [-0.05, 0) is 32.2 Å². The number of hydrogen-bond acceptors (Lipinski definition) is 4. The Morgan fingerprint density at radius 1 is 1.43 bits per heavy atom. The Labute approximate surface area is 125 Å². The molecule has 3 unspecified atom stereocenters. The molecular formula is C15H25N3O3. The van der Waals surface area contributed by atoms with Gasteiger partial charge in [0, 0.05) is 12.6 Å². The zero-order valence-corrected chi connectivity index (χ0v) is 13.0. The van der Waals surface area contributed by atoms with Gasteiger partial charge in [-0.25, -0.2) is 0 Å². The van der Waals surface area contributed by atoms with Gasteiger partial charge >= 0.3 is 0 Å². The van der Waals surface area contributed by atoms with Crippen LogP contribution in [-0.2, 0) is 14.4 Å². The van der Waals surface area contributed by atoms with Crippen LogP contribution in [0.4, 0.5) is 0 Å². The molecule has 21 heavy (non-hydrogen) atoms. The predicted octanol–water partition coefficient (Wildman–Crippen LogP) is -0.0734. The van der Waals surface area contributed by atoms with E-state index in [4.69, 9.17) is 0 Å². The van der Waals surface area contributed by atoms with Crippen molar-refractivity contribution in [2.24, 2.45) is 11.8 Å². The highest BCUT2D eigenvalue weighted by Gasteiger charge is 2.41. The lowest BCUT2D eigenvalue weighted by Crippen LogP contribution is -2.52. The number of likely N-dealkylation sites (tertiary alicyclic amines) is 1. The van der Waals surface area contributed by atoms with Gasteiger partial charge in [0.15, 0.2) is 5.78 Å². The number of amides is 2. The Balaban J connectivity index is 1.93. The molecule has 2 rings (SSSR count). The summed E-state index contributed by atoms with van der Waals surface area (Å²) in [5, 5.41) is 5.69. The topological polar surface area (TPSA) is 78.5 Å². The SMILES string of the molecule is CC(=O)C(NC(=O)CN1CCCC2C(=O)NCC21)C(C)C. The van der Waals surface area contributed by atoms with Crippen LogP contribution in [0.2, 0.25) is 0 Å². The largest absolute Gasteiger partial charge is 0.354 e. The highest BCUT2D eigenvalue weighted by molar-refractivity contribution is 5.88. The van der Waals surface area contributed by atoms with Crippen molar-refractivity contribution in [3.63, 3.8) is 0 Å². The van der Waals surface area contributed by atoms with E-state index in [2.05, 4.69) is 15.5 Å². The van der Waals surface area contributed by atoms with Crippen LogP contribution < -0.4 is 10.6 Å². The van der Waals surface area contributed by atoms with E-state index in [0.29, 0.717) is 6.54 Å². The third kappa shape index (κ3) is 3.61. The summed E-state index contributed by atoms with van der Waals surface area (Å²) in [5.41, 5.74) is 0. The maximum Gasteiger partial charge on any atom is 0.234 e. The molecular weight excluding hydrogens is 270 g/mol. The lowest BCUT2D eigenvalue weighted by Gasteiger charge is -2.35. The van der Waals surface area contributed by atoms with Crippen LogP contribution in [0.3, 0.4) is 0 Å². The van der Waals surface area contributed by atoms with Gasteiger partial charge in [-0.1, -0.05) is 13.8 Å². The monoisotopic (exact) mass is 295 g/mol. The van der Waals surface area contributed by atoms with E-state index in [9.17, 15) is 14.4 Å². The van der Waals surface area contributed by atoms with Crippen LogP contribution in [0.15, 0.2) is 0 Å². The summed E-state index contributed by atoms with van der Waals surface area (Å²) in [6, 6.07) is -0.312. The van der Waals surface area contributed by atoms with Gasteiger partial charge in [-0.15, -0.1) is 0 Å². The fourth-order valence-electron chi connectivity index (χ4n) is 3.38. The highest BCUT2D eigenvalue weighted by atomic mass is 16.2. The van der Waals surface area contributed by atoms with E-state index in [1.165, 1.54) is 6.92 Å². The molecule has 118 valence electrons. The van der Waals surface area contributed by atoms with Gasteiger partial charge in [-0.3, -0.25) is 19.3 Å². The zero-order valence-electron chi connectivity index (χ0n) is 13.0. The Morgan fingerprint density at radius 3 is 2.76 bits per heavy atom. The molecule has 2 heterocycles. The molecule has 2 N–H and O–H groups in total. The minimum Gasteiger partial charge on any atom is -0.354 e. The van der Waals surface area contributed by atoms with E-state index >= 15 is 0 Å². The minimum absolute atomic E-state index is 0.0141. The van der Waals surface area contributed by atoms with Crippen molar-refractivity contribution in [1.29, 1.82) is 0 Å². The van der Waals surface area contributed by atoms with Gasteiger partial charge in [-0.2, -0.15) is 0 Å². The number of nitrogens with one attached hydrogen (secondary N) is 2. The van der Waals surface area contributed by atoms with Crippen LogP contribution in [0.1, 0.15) is 33.6 Å². The van der Waals surface area contributed by atoms with Crippen molar-refractivity contribution < 1.29 is 14.4 Å². The molecule has 6 heteroatoms. The number of piperidine rings is 1. The molecule has 2 saturated heterocycles. The fourth-order valence-corrected chi connectivity index (χ4v) is 3.38. The summed E-state index contributed by atoms with van der Waals surface area (Å²) in [4.78, 5) is 37.5. The van der Waals surface area contributed by atoms with E-state index in [-0.39, 0.29) is 42.0 Å². The molecule has 0 saturated carbocycles. The molecule has 2 aliphatic heterocycles. The molecule has 2 amide bonds. The fraction of sp³-hybridized carbons (Fsp3) is 0.800. The molecule has 0 aromatic carbocycles. The normalized spacial score (nSPS) is 27.1. The van der Waals surface area contributed by atoms with Crippen LogP contribution in [0.5, 0.6) is 0 Å². The molecule has 0 aromatic heterocycles. The van der Waals surface area contributed by atoms with Crippen LogP contribution in [-0.4, -0.2) is 54.2 Å². The second-order valence-electron chi connectivity index (χ2n) is 6.43. The second-order valence-corrected chi connectivity index (χ2v) is 6.43. The Hall–Kier alpha value is -1.43. The van der Waals surface area contributed by atoms with E-state index in [0.717, 1.165) is 19.4 Å². The Kier molecular flexibility index (Phi) is 4.98. The third-order valence-electron chi connectivity index (χ3n) is 4.48. The van der Waals surface area contributed by atoms with Crippen molar-refractivity contribution in [2.45, 2.75) is 45.7 Å². The summed E-state index contributed by atoms with van der Waals surface area (Å²) in [6.45, 7) is 7.05. The number of Topliss-reactive ketones (excluding diaryl/α,β-unsaturated/α-hetero) is 1. The number of carbonyl (C=O) groups is 3. The number of rotatable bonds is 5. The van der Waals surface area contributed by atoms with Crippen LogP contribution in [0.25, 0.3) is 0 Å². The summed E-state index contributed by atoms with van der Waals surface area (Å²) >= 11 is 0. The maximum absolute atomic E-state index is 12.2. The van der Waals surface area contributed by atoms with Crippen LogP contribution in [0, 0.1) is 11.8 Å². The Morgan fingerprint density at radius 2 is 2.14 bits per heavy atom. The molecule has 0 aliphatic carbocycles. The first-order valence-corrected chi connectivity index (χ1v) is 7.71. The van der Waals surface area contributed by atoms with Crippen molar-refractivity contribution >= 4 is 17.6 Å². The lowest BCUT2D eigenvalue weighted by molar-refractivity contribution is -0.130. The van der Waals surface area contributed by atoms with E-state index in [1.807, 2.05) is 13.8 Å². The van der Waals surface area contributed by atoms with E-state index < -0.39 is 6.04 Å². The summed E-state index contributed by atoms with van der Waals surface area (Å²) in [7, 11) is 0. The van der Waals surface area contributed by atoms with Crippen molar-refractivity contribution in [3.05, 3.63) is 0 Å². The number of carbonyl (C=O) groups excluding carboxylic acids is 3. The molecule has 0 radical (unpaired) electrons. The zero-order chi connectivity index (χ0) is 15.6. The molecule has 0 bridgehead atoms. The minimum atomic E-state index is -0.429.